The molecule has 0 heterocycles. The predicted octanol–water partition coefficient (Wildman–Crippen LogP) is 10.9. The Morgan fingerprint density at radius 1 is 0.367 bits per heavy atom. The molecule has 0 saturated heterocycles. The summed E-state index contributed by atoms with van der Waals surface area (Å²) in [6, 6.07) is 54.6. The van der Waals surface area contributed by atoms with E-state index in [4.69, 9.17) is 0 Å². The third-order valence-corrected chi connectivity index (χ3v) is 16.9. The van der Waals surface area contributed by atoms with Crippen molar-refractivity contribution in [3.05, 3.63) is 184 Å². The van der Waals surface area contributed by atoms with Crippen molar-refractivity contribution in [1.82, 2.24) is 0 Å². The van der Waals surface area contributed by atoms with E-state index in [9.17, 15) is 0 Å². The Labute approximate surface area is 294 Å². The van der Waals surface area contributed by atoms with Gasteiger partial charge in [0.05, 0.1) is 0 Å². The van der Waals surface area contributed by atoms with Gasteiger partial charge in [-0.2, -0.15) is 0 Å². The fourth-order valence-corrected chi connectivity index (χ4v) is 14.8. The van der Waals surface area contributed by atoms with Crippen LogP contribution in [0.3, 0.4) is 0 Å². The van der Waals surface area contributed by atoms with Crippen LogP contribution in [0.5, 0.6) is 0 Å². The SMILES string of the molecule is CC1=C(C)C(C)C([Si](c2cc(-c3ccccc3)ccc2C)(c2cc(-c3ccccc3)ccc2C)c2cc(-c3ccccc3)ccc2C)=C1C. The molecular formula is C48H46Si. The Bertz CT molecular complexity index is 2000. The highest BCUT2D eigenvalue weighted by molar-refractivity contribution is 7.17. The number of allylic oxidation sites excluding steroid dienone is 4. The van der Waals surface area contributed by atoms with E-state index >= 15 is 0 Å². The zero-order valence-corrected chi connectivity index (χ0v) is 30.9. The van der Waals surface area contributed by atoms with Crippen molar-refractivity contribution in [2.75, 3.05) is 0 Å². The first-order valence-electron chi connectivity index (χ1n) is 17.6. The van der Waals surface area contributed by atoms with Gasteiger partial charge in [0.25, 0.3) is 0 Å². The molecular weight excluding hydrogens is 605 g/mol. The van der Waals surface area contributed by atoms with E-state index in [1.807, 2.05) is 0 Å². The highest BCUT2D eigenvalue weighted by atomic mass is 28.3. The largest absolute Gasteiger partial charge is 0.177 e. The molecule has 0 aromatic heterocycles. The minimum Gasteiger partial charge on any atom is -0.0636 e. The first-order chi connectivity index (χ1) is 23.7. The van der Waals surface area contributed by atoms with Crippen molar-refractivity contribution >= 4 is 23.6 Å². The van der Waals surface area contributed by atoms with Gasteiger partial charge in [0.1, 0.15) is 0 Å². The van der Waals surface area contributed by atoms with E-state index in [-0.39, 0.29) is 0 Å². The summed E-state index contributed by atoms with van der Waals surface area (Å²) in [5, 5.41) is 6.08. The molecule has 0 bridgehead atoms. The Hall–Kier alpha value is -4.98. The van der Waals surface area contributed by atoms with Crippen molar-refractivity contribution < 1.29 is 0 Å². The molecule has 0 spiro atoms. The average molecular weight is 651 g/mol. The van der Waals surface area contributed by atoms with Gasteiger partial charge < -0.3 is 0 Å². The van der Waals surface area contributed by atoms with E-state index in [0.717, 1.165) is 0 Å². The minimum absolute atomic E-state index is 0.325. The lowest BCUT2D eigenvalue weighted by Crippen LogP contribution is -2.71. The summed E-state index contributed by atoms with van der Waals surface area (Å²) in [5.41, 5.74) is 16.1. The summed E-state index contributed by atoms with van der Waals surface area (Å²) >= 11 is 0. The first-order valence-corrected chi connectivity index (χ1v) is 19.6. The van der Waals surface area contributed by atoms with Gasteiger partial charge in [-0.25, -0.2) is 0 Å². The highest BCUT2D eigenvalue weighted by Gasteiger charge is 2.50. The molecule has 1 atom stereocenters. The summed E-state index contributed by atoms with van der Waals surface area (Å²) in [5.74, 6) is 0.325. The predicted molar refractivity (Wildman–Crippen MR) is 215 cm³/mol. The van der Waals surface area contributed by atoms with Crippen molar-refractivity contribution in [3.8, 4) is 33.4 Å². The van der Waals surface area contributed by atoms with Crippen molar-refractivity contribution in [1.29, 1.82) is 0 Å². The molecule has 1 aliphatic rings. The van der Waals surface area contributed by atoms with Gasteiger partial charge in [0.2, 0.25) is 0 Å². The maximum absolute atomic E-state index is 2.99. The molecule has 0 N–H and O–H groups in total. The molecule has 242 valence electrons. The number of rotatable bonds is 7. The van der Waals surface area contributed by atoms with Crippen LogP contribution in [0.25, 0.3) is 33.4 Å². The summed E-state index contributed by atoms with van der Waals surface area (Å²) in [6.07, 6.45) is 0. The monoisotopic (exact) mass is 650 g/mol. The van der Waals surface area contributed by atoms with E-state index in [2.05, 4.69) is 194 Å². The van der Waals surface area contributed by atoms with Gasteiger partial charge in [-0.1, -0.05) is 186 Å². The second-order valence-electron chi connectivity index (χ2n) is 14.0. The highest BCUT2D eigenvalue weighted by Crippen LogP contribution is 2.43. The molecule has 0 amide bonds. The molecule has 1 heteroatoms. The van der Waals surface area contributed by atoms with Crippen molar-refractivity contribution in [2.24, 2.45) is 5.92 Å². The molecule has 7 rings (SSSR count). The third kappa shape index (κ3) is 5.57. The van der Waals surface area contributed by atoms with Gasteiger partial charge >= 0.3 is 0 Å². The topological polar surface area (TPSA) is 0 Å². The number of aryl methyl sites for hydroxylation is 3. The summed E-state index contributed by atoms with van der Waals surface area (Å²) in [7, 11) is -2.99. The molecule has 49 heavy (non-hydrogen) atoms. The average Bonchev–Trinajstić information content (AvgIpc) is 3.33. The number of benzene rings is 6. The second kappa shape index (κ2) is 13.1. The van der Waals surface area contributed by atoms with Crippen LogP contribution in [0.2, 0.25) is 0 Å². The van der Waals surface area contributed by atoms with Crippen LogP contribution in [-0.4, -0.2) is 8.07 Å². The van der Waals surface area contributed by atoms with Crippen molar-refractivity contribution in [2.45, 2.75) is 48.5 Å². The first kappa shape index (κ1) is 32.6. The maximum atomic E-state index is 2.57. The van der Waals surface area contributed by atoms with Crippen molar-refractivity contribution in [3.63, 3.8) is 0 Å². The minimum atomic E-state index is -2.99. The molecule has 0 fully saturated rings. The Morgan fingerprint density at radius 3 is 0.980 bits per heavy atom. The normalized spacial score (nSPS) is 14.9. The van der Waals surface area contributed by atoms with Crippen LogP contribution in [0.1, 0.15) is 44.4 Å². The van der Waals surface area contributed by atoms with Crippen LogP contribution in [0.4, 0.5) is 0 Å². The molecule has 0 saturated carbocycles. The smallest absolute Gasteiger partial charge is 0.0636 e. The molecule has 6 aromatic rings. The van der Waals surface area contributed by atoms with Gasteiger partial charge in [-0.05, 0) is 102 Å². The fraction of sp³-hybridized carbons (Fsp3) is 0.167. The van der Waals surface area contributed by atoms with Gasteiger partial charge in [0.15, 0.2) is 8.07 Å². The Balaban J connectivity index is 1.68. The standard InChI is InChI=1S/C48H46Si/c1-32-23-26-42(39-17-11-8-12-18-39)29-45(32)49(48-37(6)35(4)36(5)38(48)7,46-30-43(27-24-33(46)2)40-19-13-9-14-20-40)47-31-44(28-25-34(47)3)41-21-15-10-16-22-41/h8-31,37H,1-7H3. The molecule has 0 radical (unpaired) electrons. The van der Waals surface area contributed by atoms with Crippen LogP contribution in [-0.2, 0) is 0 Å². The lowest BCUT2D eigenvalue weighted by atomic mass is 10.0. The lowest BCUT2D eigenvalue weighted by molar-refractivity contribution is 0.851. The van der Waals surface area contributed by atoms with Crippen LogP contribution >= 0.6 is 0 Å². The Morgan fingerprint density at radius 2 is 0.694 bits per heavy atom. The molecule has 1 unspecified atom stereocenters. The second-order valence-corrected chi connectivity index (χ2v) is 17.7. The number of hydrogen-bond donors (Lipinski definition) is 0. The molecule has 1 aliphatic carbocycles. The summed E-state index contributed by atoms with van der Waals surface area (Å²) in [6.45, 7) is 16.6. The molecule has 6 aromatic carbocycles. The van der Waals surface area contributed by atoms with E-state index in [1.54, 1.807) is 5.20 Å². The zero-order valence-electron chi connectivity index (χ0n) is 29.9. The van der Waals surface area contributed by atoms with Crippen LogP contribution in [0, 0.1) is 26.7 Å². The van der Waals surface area contributed by atoms with E-state index < -0.39 is 8.07 Å². The van der Waals surface area contributed by atoms with Gasteiger partial charge in [-0.15, -0.1) is 0 Å². The fourth-order valence-electron chi connectivity index (χ4n) is 8.35. The van der Waals surface area contributed by atoms with E-state index in [1.165, 1.54) is 82.4 Å². The van der Waals surface area contributed by atoms with E-state index in [0.29, 0.717) is 5.92 Å². The number of hydrogen-bond acceptors (Lipinski definition) is 0. The maximum Gasteiger partial charge on any atom is 0.177 e. The van der Waals surface area contributed by atoms with Crippen LogP contribution in [0.15, 0.2) is 168 Å². The quantitative estimate of drug-likeness (QED) is 0.119. The lowest BCUT2D eigenvalue weighted by Gasteiger charge is -2.42. The molecule has 0 aliphatic heterocycles. The summed E-state index contributed by atoms with van der Waals surface area (Å²) in [4.78, 5) is 0. The Kier molecular flexibility index (Phi) is 8.73. The van der Waals surface area contributed by atoms with Gasteiger partial charge in [0, 0.05) is 0 Å². The molecule has 0 nitrogen and oxygen atoms in total. The third-order valence-electron chi connectivity index (χ3n) is 11.3. The summed E-state index contributed by atoms with van der Waals surface area (Å²) < 4.78 is 0. The van der Waals surface area contributed by atoms with Crippen LogP contribution < -0.4 is 15.6 Å². The van der Waals surface area contributed by atoms with Gasteiger partial charge in [-0.3, -0.25) is 0 Å². The zero-order chi connectivity index (χ0) is 34.3.